The molecule has 128 valence electrons. The van der Waals surface area contributed by atoms with Gasteiger partial charge in [0.1, 0.15) is 0 Å². The number of aromatic amines is 1. The number of piperazine rings is 1. The number of hydrogen-bond acceptors (Lipinski definition) is 6. The van der Waals surface area contributed by atoms with Gasteiger partial charge in [0.2, 0.25) is 0 Å². The van der Waals surface area contributed by atoms with Crippen LogP contribution in [0.25, 0.3) is 11.3 Å². The van der Waals surface area contributed by atoms with Crippen molar-refractivity contribution in [2.24, 2.45) is 0 Å². The fourth-order valence-electron chi connectivity index (χ4n) is 2.95. The summed E-state index contributed by atoms with van der Waals surface area (Å²) < 4.78 is 0. The summed E-state index contributed by atoms with van der Waals surface area (Å²) in [5.74, 6) is 0. The predicted octanol–water partition coefficient (Wildman–Crippen LogP) is 2.15. The van der Waals surface area contributed by atoms with Crippen molar-refractivity contribution in [3.63, 3.8) is 0 Å². The van der Waals surface area contributed by atoms with Gasteiger partial charge in [-0.05, 0) is 6.54 Å². The molecule has 0 amide bonds. The number of aromatic nitrogens is 1. The lowest BCUT2D eigenvalue weighted by Crippen LogP contribution is -2.45. The largest absolute Gasteiger partial charge is 0.312 e. The summed E-state index contributed by atoms with van der Waals surface area (Å²) in [5, 5.41) is 11.0. The van der Waals surface area contributed by atoms with Crippen LogP contribution in [-0.4, -0.2) is 52.4 Å². The van der Waals surface area contributed by atoms with E-state index < -0.39 is 4.92 Å². The van der Waals surface area contributed by atoms with Gasteiger partial charge in [0.15, 0.2) is 0 Å². The van der Waals surface area contributed by atoms with Crippen molar-refractivity contribution in [2.45, 2.75) is 13.5 Å². The zero-order valence-corrected chi connectivity index (χ0v) is 14.3. The van der Waals surface area contributed by atoms with Crippen LogP contribution < -0.4 is 4.87 Å². The van der Waals surface area contributed by atoms with Gasteiger partial charge in [0.05, 0.1) is 10.6 Å². The highest BCUT2D eigenvalue weighted by Crippen LogP contribution is 2.27. The van der Waals surface area contributed by atoms with Crippen LogP contribution in [0, 0.1) is 10.1 Å². The first-order valence-corrected chi connectivity index (χ1v) is 8.80. The normalized spacial score (nSPS) is 16.4. The molecule has 2 aromatic rings. The predicted molar refractivity (Wildman–Crippen MR) is 94.4 cm³/mol. The number of hydrogen-bond donors (Lipinski definition) is 1. The Morgan fingerprint density at radius 2 is 1.96 bits per heavy atom. The van der Waals surface area contributed by atoms with Crippen LogP contribution in [0.15, 0.2) is 29.1 Å². The van der Waals surface area contributed by atoms with Crippen molar-refractivity contribution >= 4 is 17.0 Å². The highest BCUT2D eigenvalue weighted by molar-refractivity contribution is 7.09. The second-order valence-electron chi connectivity index (χ2n) is 5.83. The molecule has 24 heavy (non-hydrogen) atoms. The van der Waals surface area contributed by atoms with E-state index in [9.17, 15) is 14.9 Å². The smallest absolute Gasteiger partial charge is 0.305 e. The topological polar surface area (TPSA) is 82.5 Å². The number of nitrogens with one attached hydrogen (secondary N) is 1. The first-order valence-electron chi connectivity index (χ1n) is 7.98. The van der Waals surface area contributed by atoms with Gasteiger partial charge in [0.25, 0.3) is 5.69 Å². The van der Waals surface area contributed by atoms with Gasteiger partial charge in [0, 0.05) is 55.3 Å². The van der Waals surface area contributed by atoms with Crippen molar-refractivity contribution < 1.29 is 4.92 Å². The molecular formula is C16H20N4O3S. The second kappa shape index (κ2) is 7.25. The average Bonchev–Trinajstić information content (AvgIpc) is 2.96. The van der Waals surface area contributed by atoms with Crippen molar-refractivity contribution in [3.05, 3.63) is 48.9 Å². The fourth-order valence-corrected chi connectivity index (χ4v) is 3.84. The average molecular weight is 348 g/mol. The number of non-ortho nitro benzene ring substituents is 1. The molecule has 0 spiro atoms. The third-order valence-corrected chi connectivity index (χ3v) is 5.21. The van der Waals surface area contributed by atoms with E-state index in [4.69, 9.17) is 0 Å². The maximum Gasteiger partial charge on any atom is 0.305 e. The summed E-state index contributed by atoms with van der Waals surface area (Å²) in [6.45, 7) is 7.91. The molecule has 1 aromatic carbocycles. The Bertz CT molecular complexity index is 778. The lowest BCUT2D eigenvalue weighted by molar-refractivity contribution is -0.384. The molecule has 7 nitrogen and oxygen atoms in total. The van der Waals surface area contributed by atoms with E-state index in [1.165, 1.54) is 23.5 Å². The molecule has 1 saturated heterocycles. The minimum absolute atomic E-state index is 0.0297. The first kappa shape index (κ1) is 16.8. The van der Waals surface area contributed by atoms with Crippen LogP contribution in [0.2, 0.25) is 0 Å². The van der Waals surface area contributed by atoms with Crippen LogP contribution in [0.3, 0.4) is 0 Å². The molecule has 1 aliphatic rings. The maximum absolute atomic E-state index is 11.8. The molecule has 8 heteroatoms. The van der Waals surface area contributed by atoms with Crippen molar-refractivity contribution in [1.82, 2.24) is 14.8 Å². The molecule has 2 heterocycles. The molecule has 3 rings (SSSR count). The van der Waals surface area contributed by atoms with Crippen molar-refractivity contribution in [1.29, 1.82) is 0 Å². The number of nitro benzene ring substituents is 1. The van der Waals surface area contributed by atoms with E-state index in [0.29, 0.717) is 17.8 Å². The summed E-state index contributed by atoms with van der Waals surface area (Å²) in [7, 11) is 0. The third-order valence-electron chi connectivity index (χ3n) is 4.35. The Labute approximate surface area is 143 Å². The number of thiazole rings is 1. The maximum atomic E-state index is 11.8. The summed E-state index contributed by atoms with van der Waals surface area (Å²) in [5.41, 5.74) is 1.42. The molecule has 0 radical (unpaired) electrons. The van der Waals surface area contributed by atoms with Gasteiger partial charge in [-0.25, -0.2) is 0 Å². The van der Waals surface area contributed by atoms with E-state index in [0.717, 1.165) is 37.6 Å². The molecule has 0 atom stereocenters. The van der Waals surface area contributed by atoms with Gasteiger partial charge in [-0.15, -0.1) is 0 Å². The SMILES string of the molecule is CCN1CCN(Cc2sc(=O)[nH]c2-c2cccc([N+](=O)[O-])c2)CC1. The lowest BCUT2D eigenvalue weighted by atomic mass is 10.1. The lowest BCUT2D eigenvalue weighted by Gasteiger charge is -2.33. The number of benzene rings is 1. The third kappa shape index (κ3) is 3.72. The molecular weight excluding hydrogens is 328 g/mol. The molecule has 0 unspecified atom stereocenters. The summed E-state index contributed by atoms with van der Waals surface area (Å²) >= 11 is 1.19. The zero-order chi connectivity index (χ0) is 17.1. The Morgan fingerprint density at radius 1 is 1.25 bits per heavy atom. The number of nitrogens with zero attached hydrogens (tertiary/aromatic N) is 3. The van der Waals surface area contributed by atoms with Gasteiger partial charge in [-0.3, -0.25) is 19.8 Å². The molecule has 1 N–H and O–H groups in total. The van der Waals surface area contributed by atoms with Crippen LogP contribution >= 0.6 is 11.3 Å². The number of H-pyrrole nitrogens is 1. The van der Waals surface area contributed by atoms with Crippen molar-refractivity contribution in [3.8, 4) is 11.3 Å². The summed E-state index contributed by atoms with van der Waals surface area (Å²) in [4.78, 5) is 30.8. The minimum Gasteiger partial charge on any atom is -0.312 e. The van der Waals surface area contributed by atoms with E-state index in [-0.39, 0.29) is 10.6 Å². The van der Waals surface area contributed by atoms with E-state index in [1.54, 1.807) is 12.1 Å². The first-order chi connectivity index (χ1) is 11.6. The fraction of sp³-hybridized carbons (Fsp3) is 0.438. The molecule has 0 saturated carbocycles. The molecule has 0 bridgehead atoms. The van der Waals surface area contributed by atoms with Gasteiger partial charge < -0.3 is 9.88 Å². The highest BCUT2D eigenvalue weighted by atomic mass is 32.1. The number of rotatable bonds is 5. The molecule has 1 aliphatic heterocycles. The van der Waals surface area contributed by atoms with Gasteiger partial charge in [-0.2, -0.15) is 0 Å². The summed E-state index contributed by atoms with van der Waals surface area (Å²) in [6, 6.07) is 6.41. The summed E-state index contributed by atoms with van der Waals surface area (Å²) in [6.07, 6.45) is 0. The Kier molecular flexibility index (Phi) is 5.08. The van der Waals surface area contributed by atoms with Crippen LogP contribution in [0.4, 0.5) is 5.69 Å². The van der Waals surface area contributed by atoms with Gasteiger partial charge in [-0.1, -0.05) is 30.4 Å². The monoisotopic (exact) mass is 348 g/mol. The molecule has 1 fully saturated rings. The quantitative estimate of drug-likeness (QED) is 0.661. The minimum atomic E-state index is -0.419. The van der Waals surface area contributed by atoms with Crippen LogP contribution in [0.1, 0.15) is 11.8 Å². The second-order valence-corrected chi connectivity index (χ2v) is 6.90. The van der Waals surface area contributed by atoms with E-state index in [2.05, 4.69) is 21.7 Å². The Balaban J connectivity index is 1.82. The molecule has 1 aromatic heterocycles. The Morgan fingerprint density at radius 3 is 2.62 bits per heavy atom. The zero-order valence-electron chi connectivity index (χ0n) is 13.5. The number of nitro groups is 1. The van der Waals surface area contributed by atoms with Crippen molar-refractivity contribution in [2.75, 3.05) is 32.7 Å². The van der Waals surface area contributed by atoms with Crippen LogP contribution in [-0.2, 0) is 6.54 Å². The van der Waals surface area contributed by atoms with Crippen LogP contribution in [0.5, 0.6) is 0 Å². The van der Waals surface area contributed by atoms with E-state index in [1.807, 2.05) is 0 Å². The number of likely N-dealkylation sites (N-methyl/N-ethyl adjacent to an activating group) is 1. The molecule has 0 aliphatic carbocycles. The highest BCUT2D eigenvalue weighted by Gasteiger charge is 2.19. The Hall–Kier alpha value is -2.03. The van der Waals surface area contributed by atoms with E-state index >= 15 is 0 Å². The van der Waals surface area contributed by atoms with Gasteiger partial charge >= 0.3 is 4.87 Å². The standard InChI is InChI=1S/C16H20N4O3S/c1-2-18-6-8-19(9-7-18)11-14-15(17-16(21)24-14)12-4-3-5-13(10-12)20(22)23/h3-5,10H,2,6-9,11H2,1H3,(H,17,21).